The number of nitrogens with one attached hydrogen (secondary N) is 1. The number of nitrogens with zero attached hydrogens (tertiary/aromatic N) is 1. The van der Waals surface area contributed by atoms with Gasteiger partial charge in [-0.15, -0.1) is 0 Å². The summed E-state index contributed by atoms with van der Waals surface area (Å²) in [5, 5.41) is 6.88. The molecular weight excluding hydrogens is 363 g/mol. The van der Waals surface area contributed by atoms with Crippen molar-refractivity contribution in [2.45, 2.75) is 31.1 Å². The summed E-state index contributed by atoms with van der Waals surface area (Å²) < 4.78 is 13.1. The van der Waals surface area contributed by atoms with E-state index in [0.717, 1.165) is 24.0 Å². The minimum Gasteiger partial charge on any atom is -0.355 e. The van der Waals surface area contributed by atoms with E-state index in [0.29, 0.717) is 32.5 Å². The normalized spacial score (nSPS) is 18.9. The number of hydrogen-bond acceptors (Lipinski definition) is 3. The van der Waals surface area contributed by atoms with Gasteiger partial charge in [0.2, 0.25) is 5.91 Å². The Morgan fingerprint density at radius 1 is 1.15 bits per heavy atom. The summed E-state index contributed by atoms with van der Waals surface area (Å²) in [7, 11) is 0. The topological polar surface area (TPSA) is 49.4 Å². The summed E-state index contributed by atoms with van der Waals surface area (Å²) in [5.41, 5.74) is 1.80. The average molecular weight is 386 g/mol. The maximum atomic E-state index is 13.1. The molecule has 0 radical (unpaired) electrons. The molecule has 2 fully saturated rings. The van der Waals surface area contributed by atoms with Crippen molar-refractivity contribution in [3.05, 3.63) is 58.0 Å². The second kappa shape index (κ2) is 7.43. The molecule has 27 heavy (non-hydrogen) atoms. The zero-order chi connectivity index (χ0) is 18.9. The van der Waals surface area contributed by atoms with Crippen LogP contribution >= 0.6 is 11.3 Å². The van der Waals surface area contributed by atoms with Gasteiger partial charge in [0.1, 0.15) is 5.82 Å². The van der Waals surface area contributed by atoms with E-state index < -0.39 is 0 Å². The number of halogens is 1. The molecule has 0 spiro atoms. The van der Waals surface area contributed by atoms with Crippen LogP contribution in [0.15, 0.2) is 41.1 Å². The molecule has 4 rings (SSSR count). The molecule has 1 aromatic carbocycles. The number of carbonyl (C=O) groups excluding carboxylic acids is 2. The molecule has 0 atom stereocenters. The predicted octanol–water partition coefficient (Wildman–Crippen LogP) is 3.59. The van der Waals surface area contributed by atoms with E-state index in [1.165, 1.54) is 23.5 Å². The van der Waals surface area contributed by atoms with Gasteiger partial charge in [-0.1, -0.05) is 12.1 Å². The Bertz CT molecular complexity index is 807. The van der Waals surface area contributed by atoms with Crippen molar-refractivity contribution in [3.8, 4) is 0 Å². The Labute approximate surface area is 162 Å². The van der Waals surface area contributed by atoms with E-state index in [4.69, 9.17) is 0 Å². The molecular formula is C21H23FN2O2S. The summed E-state index contributed by atoms with van der Waals surface area (Å²) in [6.07, 6.45) is 3.44. The maximum absolute atomic E-state index is 13.1. The Balaban J connectivity index is 1.27. The third kappa shape index (κ3) is 3.90. The quantitative estimate of drug-likeness (QED) is 0.854. The van der Waals surface area contributed by atoms with Crippen LogP contribution in [0.3, 0.4) is 0 Å². The zero-order valence-corrected chi connectivity index (χ0v) is 15.9. The first-order valence-corrected chi connectivity index (χ1v) is 10.4. The fraction of sp³-hybridized carbons (Fsp3) is 0.429. The first kappa shape index (κ1) is 18.2. The molecule has 1 aliphatic carbocycles. The molecule has 1 N–H and O–H groups in total. The Morgan fingerprint density at radius 2 is 1.85 bits per heavy atom. The van der Waals surface area contributed by atoms with Gasteiger partial charge in [-0.2, -0.15) is 11.3 Å². The standard InChI is InChI=1S/C21H23FN2O2S/c22-18-3-1-17(2-4-18)21(8-9-21)14-23-19(25)15-5-10-24(11-6-15)20(26)16-7-12-27-13-16/h1-4,7,12-13,15H,5-6,8-11,14H2,(H,23,25). The Kier molecular flexibility index (Phi) is 5.00. The molecule has 2 amide bonds. The SMILES string of the molecule is O=C(NCC1(c2ccc(F)cc2)CC1)C1CCN(C(=O)c2ccsc2)CC1. The molecule has 4 nitrogen and oxygen atoms in total. The molecule has 0 unspecified atom stereocenters. The van der Waals surface area contributed by atoms with Crippen molar-refractivity contribution in [3.63, 3.8) is 0 Å². The van der Waals surface area contributed by atoms with E-state index in [2.05, 4.69) is 5.32 Å². The highest BCUT2D eigenvalue weighted by Crippen LogP contribution is 2.47. The van der Waals surface area contributed by atoms with Crippen molar-refractivity contribution in [1.82, 2.24) is 10.2 Å². The Morgan fingerprint density at radius 3 is 2.44 bits per heavy atom. The van der Waals surface area contributed by atoms with Crippen LogP contribution in [0.5, 0.6) is 0 Å². The molecule has 2 aliphatic rings. The highest BCUT2D eigenvalue weighted by molar-refractivity contribution is 7.08. The van der Waals surface area contributed by atoms with Gasteiger partial charge in [-0.3, -0.25) is 9.59 Å². The monoisotopic (exact) mass is 386 g/mol. The molecule has 1 saturated heterocycles. The first-order valence-electron chi connectivity index (χ1n) is 9.43. The lowest BCUT2D eigenvalue weighted by Crippen LogP contribution is -2.44. The fourth-order valence-electron chi connectivity index (χ4n) is 3.84. The van der Waals surface area contributed by atoms with Gasteiger partial charge in [0.25, 0.3) is 5.91 Å². The van der Waals surface area contributed by atoms with E-state index in [9.17, 15) is 14.0 Å². The molecule has 0 bridgehead atoms. The van der Waals surface area contributed by atoms with Gasteiger partial charge in [-0.05, 0) is 54.8 Å². The van der Waals surface area contributed by atoms with E-state index in [-0.39, 0.29) is 29.0 Å². The lowest BCUT2D eigenvalue weighted by molar-refractivity contribution is -0.126. The van der Waals surface area contributed by atoms with Crippen LogP contribution in [0.2, 0.25) is 0 Å². The van der Waals surface area contributed by atoms with Gasteiger partial charge in [0, 0.05) is 36.3 Å². The highest BCUT2D eigenvalue weighted by Gasteiger charge is 2.44. The van der Waals surface area contributed by atoms with Crippen molar-refractivity contribution < 1.29 is 14.0 Å². The van der Waals surface area contributed by atoms with Gasteiger partial charge in [0.05, 0.1) is 5.56 Å². The minimum absolute atomic E-state index is 0.0288. The second-order valence-electron chi connectivity index (χ2n) is 7.58. The number of thiophene rings is 1. The van der Waals surface area contributed by atoms with Gasteiger partial charge < -0.3 is 10.2 Å². The fourth-order valence-corrected chi connectivity index (χ4v) is 4.47. The number of likely N-dealkylation sites (tertiary alicyclic amines) is 1. The zero-order valence-electron chi connectivity index (χ0n) is 15.1. The number of amides is 2. The summed E-state index contributed by atoms with van der Waals surface area (Å²) >= 11 is 1.52. The predicted molar refractivity (Wildman–Crippen MR) is 103 cm³/mol. The number of carbonyl (C=O) groups is 2. The summed E-state index contributed by atoms with van der Waals surface area (Å²) in [5.74, 6) is -0.141. The van der Waals surface area contributed by atoms with Crippen molar-refractivity contribution >= 4 is 23.2 Å². The average Bonchev–Trinajstić information content (AvgIpc) is 3.29. The molecule has 1 aromatic heterocycles. The van der Waals surface area contributed by atoms with E-state index in [1.54, 1.807) is 0 Å². The largest absolute Gasteiger partial charge is 0.355 e. The summed E-state index contributed by atoms with van der Waals surface area (Å²) in [6, 6.07) is 8.46. The second-order valence-corrected chi connectivity index (χ2v) is 8.36. The molecule has 6 heteroatoms. The number of benzene rings is 1. The lowest BCUT2D eigenvalue weighted by atomic mass is 9.93. The van der Waals surface area contributed by atoms with Gasteiger partial charge in [0.15, 0.2) is 0 Å². The maximum Gasteiger partial charge on any atom is 0.254 e. The summed E-state index contributed by atoms with van der Waals surface area (Å²) in [6.45, 7) is 1.84. The molecule has 142 valence electrons. The smallest absolute Gasteiger partial charge is 0.254 e. The van der Waals surface area contributed by atoms with Gasteiger partial charge in [-0.25, -0.2) is 4.39 Å². The van der Waals surface area contributed by atoms with Crippen LogP contribution < -0.4 is 5.32 Å². The Hall–Kier alpha value is -2.21. The minimum atomic E-state index is -0.234. The van der Waals surface area contributed by atoms with Crippen molar-refractivity contribution in [2.24, 2.45) is 5.92 Å². The van der Waals surface area contributed by atoms with E-state index >= 15 is 0 Å². The lowest BCUT2D eigenvalue weighted by Gasteiger charge is -2.31. The molecule has 1 aliphatic heterocycles. The number of piperidine rings is 1. The van der Waals surface area contributed by atoms with Crippen LogP contribution in [0.4, 0.5) is 4.39 Å². The van der Waals surface area contributed by atoms with Crippen LogP contribution in [0, 0.1) is 11.7 Å². The van der Waals surface area contributed by atoms with Crippen LogP contribution in [-0.4, -0.2) is 36.3 Å². The number of hydrogen-bond donors (Lipinski definition) is 1. The van der Waals surface area contributed by atoms with E-state index in [1.807, 2.05) is 33.9 Å². The van der Waals surface area contributed by atoms with Crippen LogP contribution in [-0.2, 0) is 10.2 Å². The third-order valence-electron chi connectivity index (χ3n) is 5.83. The van der Waals surface area contributed by atoms with Crippen molar-refractivity contribution in [1.29, 1.82) is 0 Å². The third-order valence-corrected chi connectivity index (χ3v) is 6.52. The molecule has 2 heterocycles. The van der Waals surface area contributed by atoms with Crippen LogP contribution in [0.1, 0.15) is 41.6 Å². The molecule has 1 saturated carbocycles. The first-order chi connectivity index (χ1) is 13.1. The number of rotatable bonds is 5. The van der Waals surface area contributed by atoms with Gasteiger partial charge >= 0.3 is 0 Å². The molecule has 2 aromatic rings. The summed E-state index contributed by atoms with van der Waals surface area (Å²) in [4.78, 5) is 26.8. The highest BCUT2D eigenvalue weighted by atomic mass is 32.1. The van der Waals surface area contributed by atoms with Crippen LogP contribution in [0.25, 0.3) is 0 Å². The van der Waals surface area contributed by atoms with Crippen molar-refractivity contribution in [2.75, 3.05) is 19.6 Å².